The lowest BCUT2D eigenvalue weighted by atomic mass is 9.93. The molecule has 4 nitrogen and oxygen atoms in total. The lowest BCUT2D eigenvalue weighted by molar-refractivity contribution is 0.354. The van der Waals surface area contributed by atoms with E-state index in [0.717, 1.165) is 16.9 Å². The molecule has 0 aliphatic heterocycles. The van der Waals surface area contributed by atoms with Crippen LogP contribution in [-0.2, 0) is 12.8 Å². The zero-order chi connectivity index (χ0) is 16.7. The van der Waals surface area contributed by atoms with Crippen LogP contribution in [0.25, 0.3) is 0 Å². The van der Waals surface area contributed by atoms with Gasteiger partial charge in [0.2, 0.25) is 0 Å². The van der Waals surface area contributed by atoms with E-state index in [9.17, 15) is 5.26 Å². The topological polar surface area (TPSA) is 51.5 Å². The molecule has 23 heavy (non-hydrogen) atoms. The Morgan fingerprint density at radius 3 is 2.00 bits per heavy atom. The van der Waals surface area contributed by atoms with Crippen LogP contribution in [0.3, 0.4) is 0 Å². The van der Waals surface area contributed by atoms with E-state index >= 15 is 0 Å². The summed E-state index contributed by atoms with van der Waals surface area (Å²) in [5, 5.41) is 9.45. The largest absolute Gasteiger partial charge is 0.497 e. The standard InChI is InChI=1S/C19H21NO3/c1-21-17-7-4-14(5-8-17)10-16(13-20)11-15-6-9-18(22-2)19(12-15)23-3/h4-9,12,16H,10-11H2,1-3H3. The fraction of sp³-hybridized carbons (Fsp3) is 0.316. The van der Waals surface area contributed by atoms with E-state index in [2.05, 4.69) is 6.07 Å². The average molecular weight is 311 g/mol. The normalized spacial score (nSPS) is 11.4. The molecule has 1 unspecified atom stereocenters. The van der Waals surface area contributed by atoms with Crippen molar-refractivity contribution >= 4 is 0 Å². The fourth-order valence-electron chi connectivity index (χ4n) is 2.50. The summed E-state index contributed by atoms with van der Waals surface area (Å²) < 4.78 is 15.7. The molecule has 0 heterocycles. The van der Waals surface area contributed by atoms with Gasteiger partial charge in [0.15, 0.2) is 11.5 Å². The van der Waals surface area contributed by atoms with E-state index in [1.807, 2.05) is 42.5 Å². The van der Waals surface area contributed by atoms with Gasteiger partial charge in [-0.05, 0) is 48.2 Å². The van der Waals surface area contributed by atoms with Crippen molar-refractivity contribution in [3.63, 3.8) is 0 Å². The summed E-state index contributed by atoms with van der Waals surface area (Å²) in [6, 6.07) is 16.0. The van der Waals surface area contributed by atoms with Crippen LogP contribution in [0.4, 0.5) is 0 Å². The van der Waals surface area contributed by atoms with Gasteiger partial charge in [-0.25, -0.2) is 0 Å². The number of benzene rings is 2. The first kappa shape index (κ1) is 16.7. The highest BCUT2D eigenvalue weighted by molar-refractivity contribution is 5.43. The molecule has 4 heteroatoms. The molecule has 0 fully saturated rings. The summed E-state index contributed by atoms with van der Waals surface area (Å²) in [6.45, 7) is 0. The quantitative estimate of drug-likeness (QED) is 0.783. The smallest absolute Gasteiger partial charge is 0.160 e. The third-order valence-corrected chi connectivity index (χ3v) is 3.75. The molecule has 0 spiro atoms. The van der Waals surface area contributed by atoms with Gasteiger partial charge >= 0.3 is 0 Å². The molecule has 0 aliphatic carbocycles. The molecule has 0 saturated heterocycles. The Kier molecular flexibility index (Phi) is 5.87. The van der Waals surface area contributed by atoms with Gasteiger partial charge in [-0.3, -0.25) is 0 Å². The average Bonchev–Trinajstić information content (AvgIpc) is 2.61. The molecule has 0 aromatic heterocycles. The molecule has 120 valence electrons. The van der Waals surface area contributed by atoms with Crippen molar-refractivity contribution in [2.75, 3.05) is 21.3 Å². The van der Waals surface area contributed by atoms with Crippen LogP contribution in [0.15, 0.2) is 42.5 Å². The molecule has 0 radical (unpaired) electrons. The van der Waals surface area contributed by atoms with Crippen LogP contribution in [0.1, 0.15) is 11.1 Å². The molecule has 0 bridgehead atoms. The van der Waals surface area contributed by atoms with Crippen LogP contribution < -0.4 is 14.2 Å². The van der Waals surface area contributed by atoms with Crippen molar-refractivity contribution in [3.05, 3.63) is 53.6 Å². The Morgan fingerprint density at radius 2 is 1.43 bits per heavy atom. The maximum atomic E-state index is 9.45. The predicted molar refractivity (Wildman–Crippen MR) is 89.1 cm³/mol. The molecule has 2 rings (SSSR count). The molecule has 2 aromatic rings. The molecule has 0 N–H and O–H groups in total. The van der Waals surface area contributed by atoms with Crippen LogP contribution in [0, 0.1) is 17.2 Å². The number of nitrogens with zero attached hydrogens (tertiary/aromatic N) is 1. The summed E-state index contributed by atoms with van der Waals surface area (Å²) in [5.74, 6) is 2.11. The van der Waals surface area contributed by atoms with Gasteiger partial charge < -0.3 is 14.2 Å². The Morgan fingerprint density at radius 1 is 0.826 bits per heavy atom. The zero-order valence-electron chi connectivity index (χ0n) is 13.7. The van der Waals surface area contributed by atoms with Crippen molar-refractivity contribution in [1.82, 2.24) is 0 Å². The maximum Gasteiger partial charge on any atom is 0.160 e. The SMILES string of the molecule is COc1ccc(CC(C#N)Cc2ccc(OC)c(OC)c2)cc1. The van der Waals surface area contributed by atoms with Gasteiger partial charge in [0.05, 0.1) is 33.3 Å². The third kappa shape index (κ3) is 4.40. The number of ether oxygens (including phenoxy) is 3. The molecule has 0 saturated carbocycles. The van der Waals surface area contributed by atoms with Crippen molar-refractivity contribution in [1.29, 1.82) is 5.26 Å². The highest BCUT2D eigenvalue weighted by Crippen LogP contribution is 2.29. The van der Waals surface area contributed by atoms with E-state index in [1.165, 1.54) is 0 Å². The number of rotatable bonds is 7. The Bertz CT molecular complexity index is 674. The minimum atomic E-state index is -0.0958. The maximum absolute atomic E-state index is 9.45. The Hall–Kier alpha value is -2.67. The van der Waals surface area contributed by atoms with E-state index in [1.54, 1.807) is 21.3 Å². The van der Waals surface area contributed by atoms with Gasteiger partial charge in [-0.1, -0.05) is 18.2 Å². The number of hydrogen-bond donors (Lipinski definition) is 0. The first-order chi connectivity index (χ1) is 11.2. The van der Waals surface area contributed by atoms with Gasteiger partial charge in [-0.2, -0.15) is 5.26 Å². The van der Waals surface area contributed by atoms with Gasteiger partial charge in [0.1, 0.15) is 5.75 Å². The minimum Gasteiger partial charge on any atom is -0.497 e. The molecule has 0 amide bonds. The summed E-state index contributed by atoms with van der Waals surface area (Å²) in [6.07, 6.45) is 1.37. The van der Waals surface area contributed by atoms with Crippen molar-refractivity contribution in [2.24, 2.45) is 5.92 Å². The van der Waals surface area contributed by atoms with Crippen molar-refractivity contribution < 1.29 is 14.2 Å². The van der Waals surface area contributed by atoms with E-state index in [-0.39, 0.29) is 5.92 Å². The lowest BCUT2D eigenvalue weighted by Gasteiger charge is -2.12. The third-order valence-electron chi connectivity index (χ3n) is 3.75. The van der Waals surface area contributed by atoms with Gasteiger partial charge in [0, 0.05) is 0 Å². The molecular weight excluding hydrogens is 290 g/mol. The summed E-state index contributed by atoms with van der Waals surface area (Å²) in [4.78, 5) is 0. The molecule has 0 aliphatic rings. The Labute approximate surface area is 137 Å². The van der Waals surface area contributed by atoms with E-state index in [0.29, 0.717) is 24.3 Å². The van der Waals surface area contributed by atoms with Gasteiger partial charge in [-0.15, -0.1) is 0 Å². The summed E-state index contributed by atoms with van der Waals surface area (Å²) in [7, 11) is 4.87. The monoisotopic (exact) mass is 311 g/mol. The molecule has 2 aromatic carbocycles. The first-order valence-corrected chi connectivity index (χ1v) is 7.43. The van der Waals surface area contributed by atoms with Crippen LogP contribution in [-0.4, -0.2) is 21.3 Å². The second kappa shape index (κ2) is 8.09. The van der Waals surface area contributed by atoms with Gasteiger partial charge in [0.25, 0.3) is 0 Å². The highest BCUT2D eigenvalue weighted by Gasteiger charge is 2.12. The van der Waals surface area contributed by atoms with E-state index in [4.69, 9.17) is 14.2 Å². The highest BCUT2D eigenvalue weighted by atomic mass is 16.5. The van der Waals surface area contributed by atoms with Crippen molar-refractivity contribution in [3.8, 4) is 23.3 Å². The number of nitriles is 1. The summed E-state index contributed by atoms with van der Waals surface area (Å²) >= 11 is 0. The van der Waals surface area contributed by atoms with Crippen LogP contribution in [0.2, 0.25) is 0 Å². The minimum absolute atomic E-state index is 0.0958. The lowest BCUT2D eigenvalue weighted by Crippen LogP contribution is -2.06. The number of hydrogen-bond acceptors (Lipinski definition) is 4. The summed E-state index contributed by atoms with van der Waals surface area (Å²) in [5.41, 5.74) is 2.18. The predicted octanol–water partition coefficient (Wildman–Crippen LogP) is 3.64. The van der Waals surface area contributed by atoms with Crippen LogP contribution >= 0.6 is 0 Å². The molecular formula is C19H21NO3. The Balaban J connectivity index is 2.08. The second-order valence-electron chi connectivity index (χ2n) is 5.27. The van der Waals surface area contributed by atoms with E-state index < -0.39 is 0 Å². The van der Waals surface area contributed by atoms with Crippen LogP contribution in [0.5, 0.6) is 17.2 Å². The fourth-order valence-corrected chi connectivity index (χ4v) is 2.50. The molecule has 1 atom stereocenters. The first-order valence-electron chi connectivity index (χ1n) is 7.43. The zero-order valence-corrected chi connectivity index (χ0v) is 13.7. The second-order valence-corrected chi connectivity index (χ2v) is 5.27. The van der Waals surface area contributed by atoms with Crippen molar-refractivity contribution in [2.45, 2.75) is 12.8 Å². The number of methoxy groups -OCH3 is 3.